The Bertz CT molecular complexity index is 508. The zero-order valence-corrected chi connectivity index (χ0v) is 16.5. The van der Waals surface area contributed by atoms with Crippen molar-refractivity contribution < 1.29 is 14.2 Å². The highest BCUT2D eigenvalue weighted by atomic mass is 127. The van der Waals surface area contributed by atoms with Crippen molar-refractivity contribution in [3.05, 3.63) is 17.7 Å². The second kappa shape index (κ2) is 9.69. The molecule has 1 saturated carbocycles. The van der Waals surface area contributed by atoms with Gasteiger partial charge in [0, 0.05) is 12.6 Å². The zero-order valence-electron chi connectivity index (χ0n) is 14.1. The van der Waals surface area contributed by atoms with Gasteiger partial charge in [-0.3, -0.25) is 0 Å². The second-order valence-electron chi connectivity index (χ2n) is 5.15. The lowest BCUT2D eigenvalue weighted by atomic mass is 10.2. The van der Waals surface area contributed by atoms with Gasteiger partial charge in [-0.05, 0) is 37.5 Å². The lowest BCUT2D eigenvalue weighted by molar-refractivity contribution is 0.324. The Kier molecular flexibility index (Phi) is 8.29. The fourth-order valence-electron chi connectivity index (χ4n) is 2.14. The molecule has 2 N–H and O–H groups in total. The Balaban J connectivity index is 0.00000264. The van der Waals surface area contributed by atoms with Crippen LogP contribution in [0.15, 0.2) is 17.1 Å². The number of rotatable bonds is 7. The van der Waals surface area contributed by atoms with Gasteiger partial charge in [0.05, 0.1) is 27.9 Å². The highest BCUT2D eigenvalue weighted by molar-refractivity contribution is 14.0. The van der Waals surface area contributed by atoms with Crippen molar-refractivity contribution in [3.8, 4) is 17.2 Å². The van der Waals surface area contributed by atoms with E-state index in [-0.39, 0.29) is 24.0 Å². The average Bonchev–Trinajstić information content (AvgIpc) is 3.35. The highest BCUT2D eigenvalue weighted by Crippen LogP contribution is 2.38. The summed E-state index contributed by atoms with van der Waals surface area (Å²) in [6.07, 6.45) is 2.43. The molecule has 0 atom stereocenters. The van der Waals surface area contributed by atoms with Gasteiger partial charge in [0.1, 0.15) is 0 Å². The first-order chi connectivity index (χ1) is 10.7. The van der Waals surface area contributed by atoms with E-state index in [0.29, 0.717) is 29.8 Å². The van der Waals surface area contributed by atoms with E-state index in [0.717, 1.165) is 18.1 Å². The van der Waals surface area contributed by atoms with Crippen molar-refractivity contribution >= 4 is 29.9 Å². The number of hydrogen-bond acceptors (Lipinski definition) is 4. The van der Waals surface area contributed by atoms with Crippen LogP contribution in [-0.2, 0) is 6.54 Å². The summed E-state index contributed by atoms with van der Waals surface area (Å²) >= 11 is 0. The maximum absolute atomic E-state index is 5.36. The van der Waals surface area contributed by atoms with Crippen molar-refractivity contribution in [2.24, 2.45) is 4.99 Å². The molecule has 2 rings (SSSR count). The number of hydrogen-bond donors (Lipinski definition) is 2. The first kappa shape index (κ1) is 19.7. The number of ether oxygens (including phenoxy) is 3. The molecule has 1 aliphatic rings. The van der Waals surface area contributed by atoms with Crippen molar-refractivity contribution in [2.45, 2.75) is 32.4 Å². The van der Waals surface area contributed by atoms with E-state index < -0.39 is 0 Å². The summed E-state index contributed by atoms with van der Waals surface area (Å²) in [5.41, 5.74) is 1.00. The smallest absolute Gasteiger partial charge is 0.203 e. The van der Waals surface area contributed by atoms with Crippen LogP contribution in [0.4, 0.5) is 0 Å². The second-order valence-corrected chi connectivity index (χ2v) is 5.15. The molecule has 23 heavy (non-hydrogen) atoms. The summed E-state index contributed by atoms with van der Waals surface area (Å²) < 4.78 is 16.1. The number of halogens is 1. The van der Waals surface area contributed by atoms with E-state index in [1.54, 1.807) is 21.3 Å². The third-order valence-corrected chi connectivity index (χ3v) is 3.41. The van der Waals surface area contributed by atoms with Crippen molar-refractivity contribution in [2.75, 3.05) is 27.9 Å². The fraction of sp³-hybridized carbons (Fsp3) is 0.562. The van der Waals surface area contributed by atoms with Crippen LogP contribution in [0.25, 0.3) is 0 Å². The molecule has 130 valence electrons. The summed E-state index contributed by atoms with van der Waals surface area (Å²) in [4.78, 5) is 4.61. The van der Waals surface area contributed by atoms with E-state index in [1.165, 1.54) is 12.8 Å². The minimum absolute atomic E-state index is 0. The molecule has 0 heterocycles. The molecule has 7 heteroatoms. The molecule has 0 amide bonds. The molecular formula is C16H26IN3O3. The van der Waals surface area contributed by atoms with Gasteiger partial charge in [-0.15, -0.1) is 24.0 Å². The fourth-order valence-corrected chi connectivity index (χ4v) is 2.14. The van der Waals surface area contributed by atoms with Crippen LogP contribution in [0.5, 0.6) is 17.2 Å². The van der Waals surface area contributed by atoms with Crippen molar-refractivity contribution in [1.82, 2.24) is 10.6 Å². The molecule has 0 aliphatic heterocycles. The predicted octanol–water partition coefficient (Wildman–Crippen LogP) is 2.55. The summed E-state index contributed by atoms with van der Waals surface area (Å²) in [5, 5.41) is 6.65. The van der Waals surface area contributed by atoms with Gasteiger partial charge in [-0.1, -0.05) is 0 Å². The van der Waals surface area contributed by atoms with E-state index in [2.05, 4.69) is 22.5 Å². The Morgan fingerprint density at radius 1 is 1.13 bits per heavy atom. The van der Waals surface area contributed by atoms with Crippen molar-refractivity contribution in [1.29, 1.82) is 0 Å². The van der Waals surface area contributed by atoms with Crippen LogP contribution < -0.4 is 24.8 Å². The molecule has 1 aromatic carbocycles. The number of guanidine groups is 1. The lowest BCUT2D eigenvalue weighted by Crippen LogP contribution is -2.38. The minimum Gasteiger partial charge on any atom is -0.493 e. The number of methoxy groups -OCH3 is 3. The van der Waals surface area contributed by atoms with Crippen LogP contribution in [0, 0.1) is 0 Å². The first-order valence-electron chi connectivity index (χ1n) is 7.55. The molecule has 1 aromatic rings. The molecular weight excluding hydrogens is 409 g/mol. The number of aliphatic imine (C=N–C) groups is 1. The van der Waals surface area contributed by atoms with E-state index in [9.17, 15) is 0 Å². The third-order valence-electron chi connectivity index (χ3n) is 3.41. The maximum atomic E-state index is 5.36. The molecule has 1 fully saturated rings. The zero-order chi connectivity index (χ0) is 15.9. The monoisotopic (exact) mass is 435 g/mol. The molecule has 0 radical (unpaired) electrons. The quantitative estimate of drug-likeness (QED) is 0.392. The van der Waals surface area contributed by atoms with E-state index in [4.69, 9.17) is 14.2 Å². The van der Waals surface area contributed by atoms with Crippen LogP contribution in [0.1, 0.15) is 25.3 Å². The summed E-state index contributed by atoms with van der Waals surface area (Å²) in [5.74, 6) is 2.74. The van der Waals surface area contributed by atoms with Crippen molar-refractivity contribution in [3.63, 3.8) is 0 Å². The van der Waals surface area contributed by atoms with Crippen LogP contribution >= 0.6 is 24.0 Å². The van der Waals surface area contributed by atoms with Gasteiger partial charge in [-0.25, -0.2) is 4.99 Å². The topological polar surface area (TPSA) is 64.1 Å². The lowest BCUT2D eigenvalue weighted by Gasteiger charge is -2.14. The SMILES string of the molecule is CCNC(=NCc1cc(OC)c(OC)c(OC)c1)NC1CC1.I. The molecule has 0 aromatic heterocycles. The first-order valence-corrected chi connectivity index (χ1v) is 7.55. The van der Waals surface area contributed by atoms with Gasteiger partial charge >= 0.3 is 0 Å². The molecule has 1 aliphatic carbocycles. The van der Waals surface area contributed by atoms with Gasteiger partial charge in [-0.2, -0.15) is 0 Å². The Morgan fingerprint density at radius 3 is 2.17 bits per heavy atom. The van der Waals surface area contributed by atoms with Gasteiger partial charge in [0.25, 0.3) is 0 Å². The summed E-state index contributed by atoms with van der Waals surface area (Å²) in [6.45, 7) is 3.44. The molecule has 0 spiro atoms. The predicted molar refractivity (Wildman–Crippen MR) is 102 cm³/mol. The minimum atomic E-state index is 0. The number of nitrogens with one attached hydrogen (secondary N) is 2. The number of nitrogens with zero attached hydrogens (tertiary/aromatic N) is 1. The summed E-state index contributed by atoms with van der Waals surface area (Å²) in [6, 6.07) is 4.41. The third kappa shape index (κ3) is 5.63. The molecule has 0 unspecified atom stereocenters. The largest absolute Gasteiger partial charge is 0.493 e. The van der Waals surface area contributed by atoms with Crippen LogP contribution in [0.3, 0.4) is 0 Å². The summed E-state index contributed by atoms with van der Waals surface area (Å²) in [7, 11) is 4.83. The van der Waals surface area contributed by atoms with E-state index >= 15 is 0 Å². The Labute approximate surface area is 155 Å². The molecule has 0 bridgehead atoms. The molecule has 0 saturated heterocycles. The van der Waals surface area contributed by atoms with Crippen LogP contribution in [-0.4, -0.2) is 39.9 Å². The normalized spacial score (nSPS) is 13.8. The standard InChI is InChI=1S/C16H25N3O3.HI/c1-5-17-16(19-12-6-7-12)18-10-11-8-13(20-2)15(22-4)14(9-11)21-3;/h8-9,12H,5-7,10H2,1-4H3,(H2,17,18,19);1H. The van der Waals surface area contributed by atoms with E-state index in [1.807, 2.05) is 12.1 Å². The highest BCUT2D eigenvalue weighted by Gasteiger charge is 2.22. The average molecular weight is 435 g/mol. The number of benzene rings is 1. The van der Waals surface area contributed by atoms with Crippen LogP contribution in [0.2, 0.25) is 0 Å². The molecule has 6 nitrogen and oxygen atoms in total. The van der Waals surface area contributed by atoms with Gasteiger partial charge in [0.2, 0.25) is 5.75 Å². The van der Waals surface area contributed by atoms with Gasteiger partial charge in [0.15, 0.2) is 17.5 Å². The Hall–Kier alpha value is -1.38. The van der Waals surface area contributed by atoms with Gasteiger partial charge < -0.3 is 24.8 Å². The maximum Gasteiger partial charge on any atom is 0.203 e. The Morgan fingerprint density at radius 2 is 1.74 bits per heavy atom.